The van der Waals surface area contributed by atoms with Crippen molar-refractivity contribution < 1.29 is 22.6 Å². The molecule has 4 rings (SSSR count). The zero-order valence-corrected chi connectivity index (χ0v) is 19.0. The predicted molar refractivity (Wildman–Crippen MR) is 124 cm³/mol. The molecule has 1 unspecified atom stereocenters. The number of methoxy groups -OCH3 is 3. The van der Waals surface area contributed by atoms with Gasteiger partial charge in [0.2, 0.25) is 15.8 Å². The summed E-state index contributed by atoms with van der Waals surface area (Å²) in [7, 11) is 0.951. The van der Waals surface area contributed by atoms with Crippen LogP contribution in [-0.4, -0.2) is 34.1 Å². The molecule has 0 aliphatic carbocycles. The largest absolute Gasteiger partial charge is 0.493 e. The third-order valence-corrected chi connectivity index (χ3v) is 7.14. The maximum absolute atomic E-state index is 13.6. The van der Waals surface area contributed by atoms with E-state index in [0.29, 0.717) is 17.2 Å². The summed E-state index contributed by atoms with van der Waals surface area (Å²) >= 11 is 0. The summed E-state index contributed by atoms with van der Waals surface area (Å²) in [6.45, 7) is 0. The number of benzene rings is 3. The van der Waals surface area contributed by atoms with Crippen LogP contribution in [0.3, 0.4) is 0 Å². The Morgan fingerprint density at radius 2 is 1.47 bits per heavy atom. The Kier molecular flexibility index (Phi) is 6.10. The smallest absolute Gasteiger partial charge is 0.239 e. The highest BCUT2D eigenvalue weighted by Crippen LogP contribution is 2.49. The number of fused-ring (bicyclic) bond motifs is 1. The van der Waals surface area contributed by atoms with E-state index in [-0.39, 0.29) is 5.75 Å². The van der Waals surface area contributed by atoms with Crippen LogP contribution in [0.4, 0.5) is 0 Å². The molecule has 6 nitrogen and oxygen atoms in total. The number of nitrogens with zero attached hydrogens (tertiary/aromatic N) is 1. The normalized spacial score (nSPS) is 15.2. The number of hydrogen-bond acceptors (Lipinski definition) is 5. The Balaban J connectivity index is 1.91. The van der Waals surface area contributed by atoms with Gasteiger partial charge in [-0.05, 0) is 28.8 Å². The number of rotatable bonds is 7. The van der Waals surface area contributed by atoms with Crippen molar-refractivity contribution in [1.82, 2.24) is 4.31 Å². The summed E-state index contributed by atoms with van der Waals surface area (Å²) in [5, 5.41) is 0. The van der Waals surface area contributed by atoms with Crippen LogP contribution in [0.2, 0.25) is 0 Å². The molecule has 3 aromatic rings. The van der Waals surface area contributed by atoms with Crippen LogP contribution < -0.4 is 14.2 Å². The van der Waals surface area contributed by atoms with E-state index < -0.39 is 16.1 Å². The molecule has 1 aliphatic rings. The van der Waals surface area contributed by atoms with Gasteiger partial charge in [-0.2, -0.15) is 0 Å². The molecule has 3 aromatic carbocycles. The molecule has 1 heterocycles. The second kappa shape index (κ2) is 8.96. The molecule has 0 radical (unpaired) electrons. The highest BCUT2D eigenvalue weighted by Gasteiger charge is 2.36. The summed E-state index contributed by atoms with van der Waals surface area (Å²) in [5.41, 5.74) is 3.07. The van der Waals surface area contributed by atoms with Crippen LogP contribution in [0, 0.1) is 0 Å². The van der Waals surface area contributed by atoms with Crippen molar-refractivity contribution in [3.63, 3.8) is 0 Å². The maximum atomic E-state index is 13.6. The molecule has 32 heavy (non-hydrogen) atoms. The van der Waals surface area contributed by atoms with Gasteiger partial charge in [-0.15, -0.1) is 0 Å². The first-order chi connectivity index (χ1) is 15.5. The highest BCUT2D eigenvalue weighted by atomic mass is 32.2. The minimum atomic E-state index is -3.70. The third-order valence-electron chi connectivity index (χ3n) is 5.47. The minimum absolute atomic E-state index is 0.110. The first-order valence-electron chi connectivity index (χ1n) is 10.1. The maximum Gasteiger partial charge on any atom is 0.239 e. The SMILES string of the molecule is COc1cc2c(c(OC)c1OC)C=CN(S(=O)(=O)Cc1ccccc1)C2c1ccccc1. The summed E-state index contributed by atoms with van der Waals surface area (Å²) in [5.74, 6) is 1.33. The van der Waals surface area contributed by atoms with Gasteiger partial charge in [0.05, 0.1) is 33.1 Å². The van der Waals surface area contributed by atoms with Crippen molar-refractivity contribution in [2.75, 3.05) is 21.3 Å². The zero-order valence-electron chi connectivity index (χ0n) is 18.2. The molecule has 166 valence electrons. The standard InChI is InChI=1S/C25H25NO5S/c1-29-22-16-21-20(24(30-2)25(22)31-3)14-15-26(23(21)19-12-8-5-9-13-19)32(27,28)17-18-10-6-4-7-11-18/h4-16,23H,17H2,1-3H3. The third kappa shape index (κ3) is 3.91. The lowest BCUT2D eigenvalue weighted by Gasteiger charge is -2.35. The zero-order chi connectivity index (χ0) is 22.7. The van der Waals surface area contributed by atoms with Crippen molar-refractivity contribution in [2.24, 2.45) is 0 Å². The summed E-state index contributed by atoms with van der Waals surface area (Å²) in [4.78, 5) is 0. The number of sulfonamides is 1. The lowest BCUT2D eigenvalue weighted by atomic mass is 9.91. The molecule has 0 fully saturated rings. The van der Waals surface area contributed by atoms with E-state index in [9.17, 15) is 8.42 Å². The van der Waals surface area contributed by atoms with Gasteiger partial charge < -0.3 is 14.2 Å². The van der Waals surface area contributed by atoms with Crippen LogP contribution >= 0.6 is 0 Å². The van der Waals surface area contributed by atoms with Gasteiger partial charge in [0.1, 0.15) is 0 Å². The van der Waals surface area contributed by atoms with Gasteiger partial charge in [-0.1, -0.05) is 60.7 Å². The Bertz CT molecular complexity index is 1220. The molecule has 0 saturated carbocycles. The lowest BCUT2D eigenvalue weighted by Crippen LogP contribution is -2.34. The van der Waals surface area contributed by atoms with Crippen LogP contribution in [-0.2, 0) is 15.8 Å². The van der Waals surface area contributed by atoms with Crippen molar-refractivity contribution in [3.05, 3.63) is 95.2 Å². The molecule has 0 aromatic heterocycles. The molecule has 0 saturated heterocycles. The van der Waals surface area contributed by atoms with Gasteiger partial charge in [0.15, 0.2) is 11.5 Å². The first kappa shape index (κ1) is 21.8. The van der Waals surface area contributed by atoms with Crippen molar-refractivity contribution in [3.8, 4) is 17.2 Å². The highest BCUT2D eigenvalue weighted by molar-refractivity contribution is 7.88. The topological polar surface area (TPSA) is 65.1 Å². The molecule has 0 N–H and O–H groups in total. The second-order valence-corrected chi connectivity index (χ2v) is 9.22. The average molecular weight is 452 g/mol. The second-order valence-electron chi connectivity index (χ2n) is 7.35. The Hall–Kier alpha value is -3.45. The fraction of sp³-hybridized carbons (Fsp3) is 0.200. The molecule has 7 heteroatoms. The van der Waals surface area contributed by atoms with Gasteiger partial charge in [-0.3, -0.25) is 4.31 Å². The van der Waals surface area contributed by atoms with Gasteiger partial charge >= 0.3 is 0 Å². The van der Waals surface area contributed by atoms with E-state index >= 15 is 0 Å². The summed E-state index contributed by atoms with van der Waals surface area (Å²) in [6, 6.07) is 19.9. The van der Waals surface area contributed by atoms with Crippen LogP contribution in [0.1, 0.15) is 28.3 Å². The Morgan fingerprint density at radius 1 is 0.844 bits per heavy atom. The Labute approximate surface area is 188 Å². The quantitative estimate of drug-likeness (QED) is 0.525. The fourth-order valence-electron chi connectivity index (χ4n) is 4.04. The van der Waals surface area contributed by atoms with Gasteiger partial charge in [0.25, 0.3) is 0 Å². The monoisotopic (exact) mass is 451 g/mol. The van der Waals surface area contributed by atoms with Gasteiger partial charge in [0, 0.05) is 11.8 Å². The minimum Gasteiger partial charge on any atom is -0.493 e. The van der Waals surface area contributed by atoms with Gasteiger partial charge in [-0.25, -0.2) is 8.42 Å². The lowest BCUT2D eigenvalue weighted by molar-refractivity contribution is 0.321. The molecule has 1 aliphatic heterocycles. The van der Waals surface area contributed by atoms with Crippen LogP contribution in [0.25, 0.3) is 6.08 Å². The molecule has 0 amide bonds. The van der Waals surface area contributed by atoms with Crippen LogP contribution in [0.5, 0.6) is 17.2 Å². The summed E-state index contributed by atoms with van der Waals surface area (Å²) < 4.78 is 45.3. The van der Waals surface area contributed by atoms with E-state index in [1.54, 1.807) is 33.6 Å². The average Bonchev–Trinajstić information content (AvgIpc) is 2.82. The molecule has 1 atom stereocenters. The molecular formula is C25H25NO5S. The molecular weight excluding hydrogens is 426 g/mol. The number of ether oxygens (including phenoxy) is 3. The van der Waals surface area contributed by atoms with E-state index in [2.05, 4.69) is 0 Å². The number of hydrogen-bond donors (Lipinski definition) is 0. The molecule has 0 bridgehead atoms. The van der Waals surface area contributed by atoms with Crippen molar-refractivity contribution >= 4 is 16.1 Å². The van der Waals surface area contributed by atoms with E-state index in [1.165, 1.54) is 4.31 Å². The predicted octanol–water partition coefficient (Wildman–Crippen LogP) is 4.62. The summed E-state index contributed by atoms with van der Waals surface area (Å²) in [6.07, 6.45) is 3.35. The van der Waals surface area contributed by atoms with E-state index in [1.807, 2.05) is 66.7 Å². The van der Waals surface area contributed by atoms with Crippen molar-refractivity contribution in [2.45, 2.75) is 11.8 Å². The first-order valence-corrected chi connectivity index (χ1v) is 11.7. The van der Waals surface area contributed by atoms with Crippen LogP contribution in [0.15, 0.2) is 72.9 Å². The fourth-order valence-corrected chi connectivity index (χ4v) is 5.61. The van der Waals surface area contributed by atoms with Crippen molar-refractivity contribution in [1.29, 1.82) is 0 Å². The Morgan fingerprint density at radius 3 is 2.06 bits per heavy atom. The van der Waals surface area contributed by atoms with E-state index in [4.69, 9.17) is 14.2 Å². The molecule has 0 spiro atoms. The van der Waals surface area contributed by atoms with E-state index in [0.717, 1.165) is 22.3 Å².